The van der Waals surface area contributed by atoms with Gasteiger partial charge >= 0.3 is 0 Å². The minimum atomic E-state index is 0.128. The van der Waals surface area contributed by atoms with Crippen molar-refractivity contribution in [2.75, 3.05) is 11.9 Å². The fourth-order valence-electron chi connectivity index (χ4n) is 2.78. The number of aryl methyl sites for hydroxylation is 1. The van der Waals surface area contributed by atoms with E-state index < -0.39 is 0 Å². The van der Waals surface area contributed by atoms with E-state index in [2.05, 4.69) is 36.5 Å². The quantitative estimate of drug-likeness (QED) is 0.783. The van der Waals surface area contributed by atoms with Crippen LogP contribution in [0.4, 0.5) is 5.69 Å². The van der Waals surface area contributed by atoms with Gasteiger partial charge in [0.05, 0.1) is 0 Å². The molecule has 0 spiro atoms. The van der Waals surface area contributed by atoms with Gasteiger partial charge in [-0.3, -0.25) is 0 Å². The second-order valence-corrected chi connectivity index (χ2v) is 5.34. The molecule has 0 atom stereocenters. The van der Waals surface area contributed by atoms with Gasteiger partial charge in [-0.2, -0.15) is 0 Å². The molecule has 0 bridgehead atoms. The smallest absolute Gasteiger partial charge is 0.0495 e. The molecule has 1 aromatic carbocycles. The standard InChI is InChI=1S/C15H24N2/c1-13-8-4-5-9-14(13)17-15(12-16)10-6-2-3-7-11-15/h4-5,8-9,17H,2-3,6-7,10-12,16H2,1H3. The maximum absolute atomic E-state index is 6.04. The Morgan fingerprint density at radius 2 is 1.76 bits per heavy atom. The highest BCUT2D eigenvalue weighted by Gasteiger charge is 2.29. The Morgan fingerprint density at radius 3 is 2.35 bits per heavy atom. The predicted molar refractivity (Wildman–Crippen MR) is 74.3 cm³/mol. The molecule has 1 aliphatic rings. The second-order valence-electron chi connectivity index (χ2n) is 5.34. The van der Waals surface area contributed by atoms with Gasteiger partial charge in [-0.15, -0.1) is 0 Å². The van der Waals surface area contributed by atoms with Crippen LogP contribution in [0.25, 0.3) is 0 Å². The van der Waals surface area contributed by atoms with Crippen LogP contribution in [0.3, 0.4) is 0 Å². The van der Waals surface area contributed by atoms with Crippen LogP contribution in [-0.2, 0) is 0 Å². The van der Waals surface area contributed by atoms with Crippen molar-refractivity contribution >= 4 is 5.69 Å². The Labute approximate surface area is 105 Å². The molecule has 0 aromatic heterocycles. The summed E-state index contributed by atoms with van der Waals surface area (Å²) in [4.78, 5) is 0. The predicted octanol–water partition coefficient (Wildman–Crippen LogP) is 3.46. The zero-order chi connectivity index (χ0) is 12.1. The van der Waals surface area contributed by atoms with E-state index in [4.69, 9.17) is 5.73 Å². The van der Waals surface area contributed by atoms with E-state index >= 15 is 0 Å². The van der Waals surface area contributed by atoms with Crippen molar-refractivity contribution < 1.29 is 0 Å². The maximum Gasteiger partial charge on any atom is 0.0495 e. The summed E-state index contributed by atoms with van der Waals surface area (Å²) >= 11 is 0. The van der Waals surface area contributed by atoms with E-state index in [-0.39, 0.29) is 5.54 Å². The van der Waals surface area contributed by atoms with Gasteiger partial charge in [0.2, 0.25) is 0 Å². The molecule has 0 saturated heterocycles. The number of para-hydroxylation sites is 1. The number of hydrogen-bond acceptors (Lipinski definition) is 2. The number of nitrogens with one attached hydrogen (secondary N) is 1. The minimum Gasteiger partial charge on any atom is -0.378 e. The number of anilines is 1. The summed E-state index contributed by atoms with van der Waals surface area (Å²) in [6.45, 7) is 2.89. The molecule has 2 heteroatoms. The second kappa shape index (κ2) is 5.54. The van der Waals surface area contributed by atoms with Crippen molar-refractivity contribution in [2.45, 2.75) is 51.0 Å². The lowest BCUT2D eigenvalue weighted by Gasteiger charge is -2.34. The summed E-state index contributed by atoms with van der Waals surface area (Å²) in [5.41, 5.74) is 8.73. The zero-order valence-electron chi connectivity index (χ0n) is 10.8. The summed E-state index contributed by atoms with van der Waals surface area (Å²) in [6.07, 6.45) is 7.73. The average molecular weight is 232 g/mol. The molecule has 94 valence electrons. The number of rotatable bonds is 3. The molecule has 17 heavy (non-hydrogen) atoms. The van der Waals surface area contributed by atoms with Crippen LogP contribution in [-0.4, -0.2) is 12.1 Å². The summed E-state index contributed by atoms with van der Waals surface area (Å²) < 4.78 is 0. The molecule has 1 fully saturated rings. The Kier molecular flexibility index (Phi) is 4.06. The van der Waals surface area contributed by atoms with Crippen molar-refractivity contribution in [1.82, 2.24) is 0 Å². The van der Waals surface area contributed by atoms with Gasteiger partial charge in [0.1, 0.15) is 0 Å². The molecule has 1 aliphatic carbocycles. The van der Waals surface area contributed by atoms with Crippen molar-refractivity contribution in [3.8, 4) is 0 Å². The van der Waals surface area contributed by atoms with Crippen LogP contribution in [0, 0.1) is 6.92 Å². The van der Waals surface area contributed by atoms with Crippen molar-refractivity contribution in [2.24, 2.45) is 5.73 Å². The van der Waals surface area contributed by atoms with Gasteiger partial charge in [-0.25, -0.2) is 0 Å². The Balaban J connectivity index is 2.15. The third-order valence-corrected chi connectivity index (χ3v) is 4.00. The zero-order valence-corrected chi connectivity index (χ0v) is 10.8. The summed E-state index contributed by atoms with van der Waals surface area (Å²) in [7, 11) is 0. The summed E-state index contributed by atoms with van der Waals surface area (Å²) in [6, 6.07) is 8.50. The van der Waals surface area contributed by atoms with E-state index in [9.17, 15) is 0 Å². The first-order valence-electron chi connectivity index (χ1n) is 6.80. The summed E-state index contributed by atoms with van der Waals surface area (Å²) in [5.74, 6) is 0. The molecular weight excluding hydrogens is 208 g/mol. The molecular formula is C15H24N2. The third-order valence-electron chi connectivity index (χ3n) is 4.00. The van der Waals surface area contributed by atoms with Crippen LogP contribution >= 0.6 is 0 Å². The molecule has 0 radical (unpaired) electrons. The normalized spacial score (nSPS) is 19.6. The highest BCUT2D eigenvalue weighted by Crippen LogP contribution is 2.30. The van der Waals surface area contributed by atoms with E-state index in [1.54, 1.807) is 0 Å². The highest BCUT2D eigenvalue weighted by molar-refractivity contribution is 5.52. The lowest BCUT2D eigenvalue weighted by atomic mass is 9.89. The first-order chi connectivity index (χ1) is 8.26. The maximum atomic E-state index is 6.04. The minimum absolute atomic E-state index is 0.128. The molecule has 2 nitrogen and oxygen atoms in total. The van der Waals surface area contributed by atoms with E-state index in [0.717, 1.165) is 6.54 Å². The number of hydrogen-bond donors (Lipinski definition) is 2. The lowest BCUT2D eigenvalue weighted by Crippen LogP contribution is -2.45. The third kappa shape index (κ3) is 3.01. The molecule has 3 N–H and O–H groups in total. The number of nitrogens with two attached hydrogens (primary N) is 1. The largest absolute Gasteiger partial charge is 0.378 e. The lowest BCUT2D eigenvalue weighted by molar-refractivity contribution is 0.417. The Morgan fingerprint density at radius 1 is 1.12 bits per heavy atom. The molecule has 2 rings (SSSR count). The van der Waals surface area contributed by atoms with E-state index in [1.165, 1.54) is 49.8 Å². The van der Waals surface area contributed by atoms with E-state index in [1.807, 2.05) is 0 Å². The van der Waals surface area contributed by atoms with E-state index in [0.29, 0.717) is 0 Å². The monoisotopic (exact) mass is 232 g/mol. The van der Waals surface area contributed by atoms with Gasteiger partial charge in [-0.1, -0.05) is 43.9 Å². The van der Waals surface area contributed by atoms with Gasteiger partial charge in [-0.05, 0) is 31.4 Å². The molecule has 1 saturated carbocycles. The summed E-state index contributed by atoms with van der Waals surface area (Å²) in [5, 5.41) is 3.73. The first-order valence-corrected chi connectivity index (χ1v) is 6.80. The van der Waals surface area contributed by atoms with Crippen LogP contribution in [0.5, 0.6) is 0 Å². The SMILES string of the molecule is Cc1ccccc1NC1(CN)CCCCCC1. The molecule has 0 heterocycles. The fourth-order valence-corrected chi connectivity index (χ4v) is 2.78. The topological polar surface area (TPSA) is 38.0 Å². The van der Waals surface area contributed by atoms with Gasteiger partial charge < -0.3 is 11.1 Å². The molecule has 0 amide bonds. The average Bonchev–Trinajstić information content (AvgIpc) is 2.58. The van der Waals surface area contributed by atoms with Gasteiger partial charge in [0.25, 0.3) is 0 Å². The molecule has 0 aliphatic heterocycles. The van der Waals surface area contributed by atoms with Crippen LogP contribution in [0.2, 0.25) is 0 Å². The van der Waals surface area contributed by atoms with Crippen LogP contribution < -0.4 is 11.1 Å². The first kappa shape index (κ1) is 12.4. The van der Waals surface area contributed by atoms with Crippen LogP contribution in [0.1, 0.15) is 44.1 Å². The Hall–Kier alpha value is -1.02. The van der Waals surface area contributed by atoms with Gasteiger partial charge in [0.15, 0.2) is 0 Å². The van der Waals surface area contributed by atoms with Crippen molar-refractivity contribution in [3.63, 3.8) is 0 Å². The fraction of sp³-hybridized carbons (Fsp3) is 0.600. The number of benzene rings is 1. The highest BCUT2D eigenvalue weighted by atomic mass is 15.0. The molecule has 1 aromatic rings. The van der Waals surface area contributed by atoms with Crippen molar-refractivity contribution in [1.29, 1.82) is 0 Å². The van der Waals surface area contributed by atoms with Gasteiger partial charge in [0, 0.05) is 17.8 Å². The molecule has 0 unspecified atom stereocenters. The Bertz CT molecular complexity index is 352. The van der Waals surface area contributed by atoms with Crippen molar-refractivity contribution in [3.05, 3.63) is 29.8 Å². The van der Waals surface area contributed by atoms with Crippen LogP contribution in [0.15, 0.2) is 24.3 Å².